The summed E-state index contributed by atoms with van der Waals surface area (Å²) in [7, 11) is 1.78. The molecule has 22 heavy (non-hydrogen) atoms. The van der Waals surface area contributed by atoms with Crippen molar-refractivity contribution >= 4 is 29.9 Å². The first-order chi connectivity index (χ1) is 10.2. The van der Waals surface area contributed by atoms with Gasteiger partial charge in [0.15, 0.2) is 11.8 Å². The fourth-order valence-electron chi connectivity index (χ4n) is 2.97. The number of hydrogen-bond donors (Lipinski definition) is 2. The molecule has 2 aliphatic heterocycles. The fraction of sp³-hybridized carbons (Fsp3) is 0.786. The maximum atomic E-state index is 5.77. The van der Waals surface area contributed by atoms with Gasteiger partial charge in [-0.25, -0.2) is 0 Å². The third-order valence-corrected chi connectivity index (χ3v) is 4.25. The highest BCUT2D eigenvalue weighted by Crippen LogP contribution is 2.23. The van der Waals surface area contributed by atoms with Crippen LogP contribution in [0.15, 0.2) is 4.99 Å². The first-order valence-electron chi connectivity index (χ1n) is 7.70. The summed E-state index contributed by atoms with van der Waals surface area (Å²) in [5, 5.41) is 15.1. The van der Waals surface area contributed by atoms with Crippen molar-refractivity contribution in [1.82, 2.24) is 25.4 Å². The molecule has 0 saturated carbocycles. The molecular formula is C14H25IN6O. The van der Waals surface area contributed by atoms with Crippen molar-refractivity contribution < 1.29 is 4.74 Å². The quantitative estimate of drug-likeness (QED) is 0.433. The lowest BCUT2D eigenvalue weighted by Gasteiger charge is -2.24. The van der Waals surface area contributed by atoms with Gasteiger partial charge in [-0.05, 0) is 26.2 Å². The molecule has 1 saturated heterocycles. The van der Waals surface area contributed by atoms with E-state index in [1.165, 1.54) is 6.42 Å². The maximum Gasteiger partial charge on any atom is 0.191 e. The predicted octanol–water partition coefficient (Wildman–Crippen LogP) is 1.08. The first kappa shape index (κ1) is 17.5. The molecule has 1 fully saturated rings. The highest BCUT2D eigenvalue weighted by Gasteiger charge is 2.29. The molecule has 1 aromatic heterocycles. The number of aryl methyl sites for hydroxylation is 1. The summed E-state index contributed by atoms with van der Waals surface area (Å²) >= 11 is 0. The molecular weight excluding hydrogens is 395 g/mol. The number of guanidine groups is 1. The average Bonchev–Trinajstić information content (AvgIpc) is 3.17. The Morgan fingerprint density at radius 2 is 2.23 bits per heavy atom. The van der Waals surface area contributed by atoms with Gasteiger partial charge in [-0.1, -0.05) is 0 Å². The van der Waals surface area contributed by atoms with Gasteiger partial charge >= 0.3 is 0 Å². The third-order valence-electron chi connectivity index (χ3n) is 4.25. The monoisotopic (exact) mass is 420 g/mol. The van der Waals surface area contributed by atoms with Crippen LogP contribution < -0.4 is 10.6 Å². The van der Waals surface area contributed by atoms with Crippen LogP contribution >= 0.6 is 24.0 Å². The van der Waals surface area contributed by atoms with Crippen molar-refractivity contribution in [2.24, 2.45) is 4.99 Å². The van der Waals surface area contributed by atoms with Crippen molar-refractivity contribution in [3.8, 4) is 0 Å². The van der Waals surface area contributed by atoms with Crippen molar-refractivity contribution in [2.45, 2.75) is 51.3 Å². The predicted molar refractivity (Wildman–Crippen MR) is 95.6 cm³/mol. The van der Waals surface area contributed by atoms with E-state index in [0.717, 1.165) is 56.6 Å². The normalized spacial score (nSPS) is 24.0. The molecule has 2 aliphatic rings. The second kappa shape index (κ2) is 7.58. The van der Waals surface area contributed by atoms with Crippen molar-refractivity contribution in [3.63, 3.8) is 0 Å². The molecule has 124 valence electrons. The number of ether oxygens (including phenoxy) is 1. The minimum atomic E-state index is -0.0757. The van der Waals surface area contributed by atoms with E-state index in [2.05, 4.69) is 37.3 Å². The second-order valence-electron chi connectivity index (χ2n) is 5.97. The molecule has 0 amide bonds. The van der Waals surface area contributed by atoms with Crippen LogP contribution in [0.4, 0.5) is 0 Å². The fourth-order valence-corrected chi connectivity index (χ4v) is 2.97. The van der Waals surface area contributed by atoms with Crippen LogP contribution in [0.2, 0.25) is 0 Å². The zero-order valence-electron chi connectivity index (χ0n) is 13.3. The Balaban J connectivity index is 0.00000176. The SMILES string of the molecule is CN=C(NCc1nnc2n1CCC2)NCC1(C)CCCO1.I. The summed E-state index contributed by atoms with van der Waals surface area (Å²) in [5.74, 6) is 2.86. The van der Waals surface area contributed by atoms with Gasteiger partial charge in [0.1, 0.15) is 5.82 Å². The van der Waals surface area contributed by atoms with Crippen LogP contribution in [-0.2, 0) is 24.2 Å². The minimum Gasteiger partial charge on any atom is -0.373 e. The Hall–Kier alpha value is -0.900. The van der Waals surface area contributed by atoms with Crippen molar-refractivity contribution in [3.05, 3.63) is 11.6 Å². The van der Waals surface area contributed by atoms with E-state index in [1.807, 2.05) is 0 Å². The summed E-state index contributed by atoms with van der Waals surface area (Å²) in [5.41, 5.74) is -0.0757. The first-order valence-corrected chi connectivity index (χ1v) is 7.70. The summed E-state index contributed by atoms with van der Waals surface area (Å²) in [6.07, 6.45) is 4.43. The average molecular weight is 420 g/mol. The van der Waals surface area contributed by atoms with Gasteiger partial charge in [-0.2, -0.15) is 0 Å². The zero-order valence-corrected chi connectivity index (χ0v) is 15.6. The standard InChI is InChI=1S/C14H24N6O.HI/c1-14(6-4-8-21-14)10-17-13(15-2)16-9-12-19-18-11-5-3-7-20(11)12;/h3-10H2,1-2H3,(H2,15,16,17);1H. The van der Waals surface area contributed by atoms with E-state index in [4.69, 9.17) is 4.74 Å². The van der Waals surface area contributed by atoms with Gasteiger partial charge in [0, 0.05) is 33.2 Å². The largest absolute Gasteiger partial charge is 0.373 e. The van der Waals surface area contributed by atoms with E-state index < -0.39 is 0 Å². The summed E-state index contributed by atoms with van der Waals surface area (Å²) in [6.45, 7) is 5.44. The van der Waals surface area contributed by atoms with Gasteiger partial charge < -0.3 is 19.9 Å². The zero-order chi connectivity index (χ0) is 14.7. The molecule has 1 atom stereocenters. The number of fused-ring (bicyclic) bond motifs is 1. The molecule has 3 rings (SSSR count). The molecule has 1 unspecified atom stereocenters. The number of nitrogens with one attached hydrogen (secondary N) is 2. The highest BCUT2D eigenvalue weighted by atomic mass is 127. The Morgan fingerprint density at radius 1 is 1.36 bits per heavy atom. The molecule has 7 nitrogen and oxygen atoms in total. The molecule has 0 bridgehead atoms. The van der Waals surface area contributed by atoms with E-state index in [-0.39, 0.29) is 29.6 Å². The van der Waals surface area contributed by atoms with Crippen LogP contribution in [0.1, 0.15) is 37.8 Å². The van der Waals surface area contributed by atoms with E-state index in [0.29, 0.717) is 6.54 Å². The molecule has 3 heterocycles. The number of aliphatic imine (C=N–C) groups is 1. The van der Waals surface area contributed by atoms with E-state index in [1.54, 1.807) is 7.05 Å². The van der Waals surface area contributed by atoms with E-state index in [9.17, 15) is 0 Å². The lowest BCUT2D eigenvalue weighted by molar-refractivity contribution is 0.0243. The number of aromatic nitrogens is 3. The van der Waals surface area contributed by atoms with Crippen molar-refractivity contribution in [2.75, 3.05) is 20.2 Å². The van der Waals surface area contributed by atoms with Crippen molar-refractivity contribution in [1.29, 1.82) is 0 Å². The molecule has 0 spiro atoms. The van der Waals surface area contributed by atoms with Crippen LogP contribution in [0.25, 0.3) is 0 Å². The molecule has 0 aliphatic carbocycles. The topological polar surface area (TPSA) is 76.4 Å². The number of nitrogens with zero attached hydrogens (tertiary/aromatic N) is 4. The van der Waals surface area contributed by atoms with Gasteiger partial charge in [-0.15, -0.1) is 34.2 Å². The van der Waals surface area contributed by atoms with Gasteiger partial charge in [0.05, 0.1) is 12.1 Å². The number of rotatable bonds is 4. The molecule has 2 N–H and O–H groups in total. The lowest BCUT2D eigenvalue weighted by atomic mass is 10.0. The van der Waals surface area contributed by atoms with Gasteiger partial charge in [0.2, 0.25) is 0 Å². The summed E-state index contributed by atoms with van der Waals surface area (Å²) in [6, 6.07) is 0. The molecule has 0 aromatic carbocycles. The Bertz CT molecular complexity index is 523. The van der Waals surface area contributed by atoms with Crippen LogP contribution in [0, 0.1) is 0 Å². The number of halogens is 1. The van der Waals surface area contributed by atoms with Crippen LogP contribution in [0.3, 0.4) is 0 Å². The highest BCUT2D eigenvalue weighted by molar-refractivity contribution is 14.0. The van der Waals surface area contributed by atoms with Crippen LogP contribution in [-0.4, -0.2) is 46.5 Å². The lowest BCUT2D eigenvalue weighted by Crippen LogP contribution is -2.45. The summed E-state index contributed by atoms with van der Waals surface area (Å²) in [4.78, 5) is 4.25. The Labute approximate surface area is 148 Å². The molecule has 8 heteroatoms. The molecule has 0 radical (unpaired) electrons. The van der Waals surface area contributed by atoms with Gasteiger partial charge in [-0.3, -0.25) is 4.99 Å². The smallest absolute Gasteiger partial charge is 0.191 e. The number of hydrogen-bond acceptors (Lipinski definition) is 4. The van der Waals surface area contributed by atoms with Crippen LogP contribution in [0.5, 0.6) is 0 Å². The van der Waals surface area contributed by atoms with Gasteiger partial charge in [0.25, 0.3) is 0 Å². The van der Waals surface area contributed by atoms with E-state index >= 15 is 0 Å². The Kier molecular flexibility index (Phi) is 6.01. The second-order valence-corrected chi connectivity index (χ2v) is 5.97. The summed E-state index contributed by atoms with van der Waals surface area (Å²) < 4.78 is 7.97. The minimum absolute atomic E-state index is 0. The maximum absolute atomic E-state index is 5.77. The Morgan fingerprint density at radius 3 is 2.95 bits per heavy atom. The third kappa shape index (κ3) is 3.89. The molecule has 1 aromatic rings.